The number of hydrogen-bond donors (Lipinski definition) is 2. The summed E-state index contributed by atoms with van der Waals surface area (Å²) in [5, 5.41) is 2.84. The fraction of sp³-hybridized carbons (Fsp3) is 0.462. The van der Waals surface area contributed by atoms with E-state index in [4.69, 9.17) is 15.2 Å². The van der Waals surface area contributed by atoms with Crippen molar-refractivity contribution in [1.82, 2.24) is 0 Å². The van der Waals surface area contributed by atoms with Gasteiger partial charge in [0.05, 0.1) is 25.7 Å². The first-order valence-electron chi connectivity index (χ1n) is 5.95. The molecule has 1 aromatic carbocycles. The van der Waals surface area contributed by atoms with E-state index < -0.39 is 0 Å². The van der Waals surface area contributed by atoms with Crippen LogP contribution in [0, 0.1) is 0 Å². The highest BCUT2D eigenvalue weighted by Crippen LogP contribution is 2.23. The zero-order valence-corrected chi connectivity index (χ0v) is 10.4. The topological polar surface area (TPSA) is 73.6 Å². The van der Waals surface area contributed by atoms with E-state index in [-0.39, 0.29) is 18.4 Å². The van der Waals surface area contributed by atoms with E-state index in [1.54, 1.807) is 7.11 Å². The minimum atomic E-state index is -0.234. The van der Waals surface area contributed by atoms with E-state index in [1.165, 1.54) is 5.56 Å². The van der Waals surface area contributed by atoms with E-state index in [9.17, 15) is 4.79 Å². The molecule has 0 saturated carbocycles. The highest BCUT2D eigenvalue weighted by atomic mass is 16.5. The number of carbonyl (C=O) groups is 1. The molecule has 1 unspecified atom stereocenters. The van der Waals surface area contributed by atoms with Gasteiger partial charge < -0.3 is 20.5 Å². The van der Waals surface area contributed by atoms with Crippen molar-refractivity contribution in [3.05, 3.63) is 29.3 Å². The molecular weight excluding hydrogens is 232 g/mol. The first-order chi connectivity index (χ1) is 8.72. The van der Waals surface area contributed by atoms with E-state index >= 15 is 0 Å². The van der Waals surface area contributed by atoms with Crippen LogP contribution in [0.1, 0.15) is 17.5 Å². The Morgan fingerprint density at radius 2 is 2.28 bits per heavy atom. The maximum Gasteiger partial charge on any atom is 0.227 e. The number of rotatable bonds is 5. The summed E-state index contributed by atoms with van der Waals surface area (Å²) >= 11 is 0. The summed E-state index contributed by atoms with van der Waals surface area (Å²) in [6, 6.07) is 5.81. The second-order valence-corrected chi connectivity index (χ2v) is 4.32. The number of methoxy groups -OCH3 is 1. The second kappa shape index (κ2) is 5.95. The lowest BCUT2D eigenvalue weighted by Gasteiger charge is -2.13. The maximum atomic E-state index is 11.8. The molecule has 2 rings (SSSR count). The van der Waals surface area contributed by atoms with Gasteiger partial charge in [0.25, 0.3) is 0 Å². The van der Waals surface area contributed by atoms with Gasteiger partial charge in [-0.1, -0.05) is 6.07 Å². The number of nitrogens with two attached hydrogens (primary N) is 1. The van der Waals surface area contributed by atoms with Gasteiger partial charge in [-0.15, -0.1) is 0 Å². The summed E-state index contributed by atoms with van der Waals surface area (Å²) in [5.41, 5.74) is 8.58. The second-order valence-electron chi connectivity index (χ2n) is 4.32. The fourth-order valence-corrected chi connectivity index (χ4v) is 1.93. The minimum absolute atomic E-state index is 0.0915. The summed E-state index contributed by atoms with van der Waals surface area (Å²) in [6.07, 6.45) is 0.0309. The lowest BCUT2D eigenvalue weighted by Crippen LogP contribution is -2.28. The van der Waals surface area contributed by atoms with Gasteiger partial charge in [-0.25, -0.2) is 0 Å². The van der Waals surface area contributed by atoms with Crippen LogP contribution in [-0.2, 0) is 27.5 Å². The fourth-order valence-electron chi connectivity index (χ4n) is 1.93. The number of nitrogens with one attached hydrogen (secondary N) is 1. The van der Waals surface area contributed by atoms with Crippen LogP contribution < -0.4 is 11.1 Å². The van der Waals surface area contributed by atoms with E-state index in [1.807, 2.05) is 18.2 Å². The molecular formula is C13H18N2O3. The molecule has 0 fully saturated rings. The molecule has 0 bridgehead atoms. The summed E-state index contributed by atoms with van der Waals surface area (Å²) in [6.45, 7) is 1.60. The van der Waals surface area contributed by atoms with Crippen LogP contribution in [0.5, 0.6) is 0 Å². The van der Waals surface area contributed by atoms with Crippen molar-refractivity contribution >= 4 is 11.6 Å². The van der Waals surface area contributed by atoms with Crippen molar-refractivity contribution in [2.24, 2.45) is 5.73 Å². The number of anilines is 1. The highest BCUT2D eigenvalue weighted by Gasteiger charge is 2.14. The van der Waals surface area contributed by atoms with Gasteiger partial charge in [0.15, 0.2) is 0 Å². The molecule has 0 spiro atoms. The van der Waals surface area contributed by atoms with Crippen molar-refractivity contribution in [1.29, 1.82) is 0 Å². The molecule has 18 heavy (non-hydrogen) atoms. The Labute approximate surface area is 106 Å². The number of ether oxygens (including phenoxy) is 2. The first kappa shape index (κ1) is 13.0. The molecule has 1 aliphatic rings. The molecule has 1 aliphatic heterocycles. The Kier molecular flexibility index (Phi) is 4.30. The molecule has 0 aromatic heterocycles. The van der Waals surface area contributed by atoms with Crippen LogP contribution in [0.3, 0.4) is 0 Å². The maximum absolute atomic E-state index is 11.8. The first-order valence-corrected chi connectivity index (χ1v) is 5.95. The van der Waals surface area contributed by atoms with Crippen molar-refractivity contribution in [3.63, 3.8) is 0 Å². The van der Waals surface area contributed by atoms with E-state index in [0.717, 1.165) is 11.3 Å². The quantitative estimate of drug-likeness (QED) is 0.818. The third kappa shape index (κ3) is 3.07. The van der Waals surface area contributed by atoms with Gasteiger partial charge in [0.1, 0.15) is 0 Å². The molecule has 98 valence electrons. The van der Waals surface area contributed by atoms with E-state index in [2.05, 4.69) is 5.32 Å². The zero-order valence-electron chi connectivity index (χ0n) is 10.4. The van der Waals surface area contributed by atoms with Crippen LogP contribution in [0.4, 0.5) is 5.69 Å². The van der Waals surface area contributed by atoms with Crippen LogP contribution in [0.2, 0.25) is 0 Å². The van der Waals surface area contributed by atoms with Crippen molar-refractivity contribution in [2.45, 2.75) is 25.7 Å². The monoisotopic (exact) mass is 250 g/mol. The molecule has 1 atom stereocenters. The predicted octanol–water partition coefficient (Wildman–Crippen LogP) is 1.02. The molecule has 5 heteroatoms. The lowest BCUT2D eigenvalue weighted by molar-refractivity contribution is -0.118. The molecule has 0 aliphatic carbocycles. The van der Waals surface area contributed by atoms with Gasteiger partial charge in [-0.3, -0.25) is 4.79 Å². The smallest absolute Gasteiger partial charge is 0.227 e. The summed E-state index contributed by atoms with van der Waals surface area (Å²) in [7, 11) is 1.55. The largest absolute Gasteiger partial charge is 0.380 e. The predicted molar refractivity (Wildman–Crippen MR) is 68.0 cm³/mol. The number of fused-ring (bicyclic) bond motifs is 1. The standard InChI is InChI=1S/C13H18N2O3/c1-17-12(6-14)5-13(16)15-11-3-2-9-7-18-8-10(9)4-11/h2-4,12H,5-8,14H2,1H3,(H,15,16). The van der Waals surface area contributed by atoms with Crippen molar-refractivity contribution in [3.8, 4) is 0 Å². The molecule has 0 saturated heterocycles. The minimum Gasteiger partial charge on any atom is -0.380 e. The molecule has 1 aromatic rings. The van der Waals surface area contributed by atoms with Gasteiger partial charge in [0, 0.05) is 19.3 Å². The highest BCUT2D eigenvalue weighted by molar-refractivity contribution is 5.91. The third-order valence-corrected chi connectivity index (χ3v) is 3.01. The number of amides is 1. The molecule has 5 nitrogen and oxygen atoms in total. The van der Waals surface area contributed by atoms with Gasteiger partial charge in [0.2, 0.25) is 5.91 Å². The Morgan fingerprint density at radius 3 is 3.00 bits per heavy atom. The Hall–Kier alpha value is -1.43. The van der Waals surface area contributed by atoms with E-state index in [0.29, 0.717) is 19.8 Å². The van der Waals surface area contributed by atoms with Crippen LogP contribution in [0.25, 0.3) is 0 Å². The summed E-state index contributed by atoms with van der Waals surface area (Å²) in [4.78, 5) is 11.8. The Morgan fingerprint density at radius 1 is 1.50 bits per heavy atom. The van der Waals surface area contributed by atoms with Crippen LogP contribution in [-0.4, -0.2) is 25.7 Å². The average Bonchev–Trinajstić information content (AvgIpc) is 2.83. The molecule has 3 N–H and O–H groups in total. The van der Waals surface area contributed by atoms with Gasteiger partial charge >= 0.3 is 0 Å². The number of benzene rings is 1. The molecule has 1 amide bonds. The molecule has 1 heterocycles. The number of carbonyl (C=O) groups excluding carboxylic acids is 1. The van der Waals surface area contributed by atoms with Crippen molar-refractivity contribution < 1.29 is 14.3 Å². The van der Waals surface area contributed by atoms with Crippen LogP contribution in [0.15, 0.2) is 18.2 Å². The third-order valence-electron chi connectivity index (χ3n) is 3.01. The number of hydrogen-bond acceptors (Lipinski definition) is 4. The normalized spacial score (nSPS) is 15.2. The van der Waals surface area contributed by atoms with Crippen molar-refractivity contribution in [2.75, 3.05) is 19.0 Å². The average molecular weight is 250 g/mol. The van der Waals surface area contributed by atoms with Crippen LogP contribution >= 0.6 is 0 Å². The summed E-state index contributed by atoms with van der Waals surface area (Å²) in [5.74, 6) is -0.0915. The molecule has 0 radical (unpaired) electrons. The lowest BCUT2D eigenvalue weighted by atomic mass is 10.1. The Balaban J connectivity index is 1.95. The Bertz CT molecular complexity index is 430. The summed E-state index contributed by atoms with van der Waals surface area (Å²) < 4.78 is 10.4. The van der Waals surface area contributed by atoms with Gasteiger partial charge in [-0.2, -0.15) is 0 Å². The SMILES string of the molecule is COC(CN)CC(=O)Nc1ccc2c(c1)COC2. The zero-order chi connectivity index (χ0) is 13.0. The van der Waals surface area contributed by atoms with Gasteiger partial charge in [-0.05, 0) is 23.3 Å².